The molecular weight excluding hydrogens is 687 g/mol. The molecule has 0 aromatic heterocycles. The fourth-order valence-electron chi connectivity index (χ4n) is 1.95. The van der Waals surface area contributed by atoms with E-state index >= 15 is 0 Å². The van der Waals surface area contributed by atoms with Crippen molar-refractivity contribution in [2.45, 2.75) is 0 Å². The molecule has 26 heavy (non-hydrogen) atoms. The van der Waals surface area contributed by atoms with E-state index < -0.39 is 30.2 Å². The zero-order chi connectivity index (χ0) is 20.2. The fraction of sp³-hybridized carbons (Fsp3) is 0.286. The maximum atomic E-state index is 12.7. The Morgan fingerprint density at radius 3 is 2.12 bits per heavy atom. The van der Waals surface area contributed by atoms with Gasteiger partial charge in [-0.25, -0.2) is 0 Å². The molecule has 1 rings (SSSR count). The fourth-order valence-corrected chi connectivity index (χ4v) is 6.38. The van der Waals surface area contributed by atoms with Crippen molar-refractivity contribution in [3.8, 4) is 0 Å². The minimum atomic E-state index is -1.18. The number of nitrogens with zero attached hydrogens (tertiary/aromatic N) is 1. The van der Waals surface area contributed by atoms with Crippen LogP contribution in [0.1, 0.15) is 20.7 Å². The quantitative estimate of drug-likeness (QED) is 0.367. The number of hydrogen-bond acceptors (Lipinski definition) is 5. The number of carbonyl (C=O) groups excluding carboxylic acids is 3. The van der Waals surface area contributed by atoms with Gasteiger partial charge in [-0.05, 0) is 67.8 Å². The summed E-state index contributed by atoms with van der Waals surface area (Å²) in [5.74, 6) is -3.04. The van der Waals surface area contributed by atoms with E-state index in [0.29, 0.717) is 7.14 Å². The van der Waals surface area contributed by atoms with Gasteiger partial charge in [0.25, 0.3) is 11.8 Å². The number of ether oxygens (including phenoxy) is 1. The Morgan fingerprint density at radius 2 is 1.65 bits per heavy atom. The van der Waals surface area contributed by atoms with Gasteiger partial charge in [0.2, 0.25) is 5.91 Å². The number of hydrogen-bond donors (Lipinski definition) is 3. The largest absolute Gasteiger partial charge is 0.480 e. The maximum Gasteiger partial charge on any atom is 0.323 e. The number of carboxylic acid groups (broad SMARTS) is 1. The molecule has 1 aromatic carbocycles. The average Bonchev–Trinajstić information content (AvgIpc) is 2.50. The van der Waals surface area contributed by atoms with Gasteiger partial charge in [0.15, 0.2) is 0 Å². The standard InChI is InChI=1S/C14H14I3N3O6/c1-20(3-6(22)23)14(25)8-9(15)7(13(18)24)10(16)12(11(8)17)19-5(21)4-26-2/h3-4H2,1-2H3,(H2,18,24)(H,19,21)(H,22,23). The number of aliphatic carboxylic acids is 1. The van der Waals surface area contributed by atoms with Crippen LogP contribution >= 0.6 is 67.8 Å². The third kappa shape index (κ3) is 5.38. The highest BCUT2D eigenvalue weighted by atomic mass is 127. The van der Waals surface area contributed by atoms with Gasteiger partial charge in [0.05, 0.1) is 24.0 Å². The van der Waals surface area contributed by atoms with Crippen LogP contribution in [0.25, 0.3) is 0 Å². The third-order valence-electron chi connectivity index (χ3n) is 3.04. The van der Waals surface area contributed by atoms with Crippen molar-refractivity contribution in [3.63, 3.8) is 0 Å². The molecule has 0 heterocycles. The summed E-state index contributed by atoms with van der Waals surface area (Å²) in [7, 11) is 2.68. The lowest BCUT2D eigenvalue weighted by atomic mass is 10.1. The van der Waals surface area contributed by atoms with Crippen LogP contribution in [-0.4, -0.2) is 61.0 Å². The minimum Gasteiger partial charge on any atom is -0.480 e. The van der Waals surface area contributed by atoms with Crippen molar-refractivity contribution >= 4 is 97.2 Å². The van der Waals surface area contributed by atoms with Gasteiger partial charge >= 0.3 is 5.97 Å². The number of primary amides is 1. The summed E-state index contributed by atoms with van der Waals surface area (Å²) in [5.41, 5.74) is 5.86. The van der Waals surface area contributed by atoms with Gasteiger partial charge in [-0.2, -0.15) is 0 Å². The second-order valence-electron chi connectivity index (χ2n) is 4.97. The SMILES string of the molecule is COCC(=O)Nc1c(I)c(C(N)=O)c(I)c(C(=O)N(C)CC(=O)O)c1I. The molecule has 0 saturated carbocycles. The Labute approximate surface area is 189 Å². The second kappa shape index (κ2) is 9.98. The van der Waals surface area contributed by atoms with Crippen LogP contribution in [0, 0.1) is 10.7 Å². The number of carboxylic acids is 1. The lowest BCUT2D eigenvalue weighted by Crippen LogP contribution is -2.34. The van der Waals surface area contributed by atoms with Crippen molar-refractivity contribution < 1.29 is 29.0 Å². The van der Waals surface area contributed by atoms with Gasteiger partial charge < -0.3 is 25.8 Å². The van der Waals surface area contributed by atoms with Crippen LogP contribution in [0.2, 0.25) is 0 Å². The number of likely N-dealkylation sites (N-methyl/N-ethyl adjacent to an activating group) is 1. The Morgan fingerprint density at radius 1 is 1.12 bits per heavy atom. The zero-order valence-electron chi connectivity index (χ0n) is 13.6. The van der Waals surface area contributed by atoms with E-state index in [0.717, 1.165) is 4.90 Å². The summed E-state index contributed by atoms with van der Waals surface area (Å²) in [5, 5.41) is 11.5. The minimum absolute atomic E-state index is 0.0754. The molecule has 142 valence electrons. The zero-order valence-corrected chi connectivity index (χ0v) is 20.0. The average molecular weight is 701 g/mol. The van der Waals surface area contributed by atoms with Crippen molar-refractivity contribution in [1.82, 2.24) is 4.90 Å². The number of methoxy groups -OCH3 is 1. The summed E-state index contributed by atoms with van der Waals surface area (Å²) < 4.78 is 5.80. The Hall–Kier alpha value is -0.750. The normalized spacial score (nSPS) is 10.3. The Kier molecular flexibility index (Phi) is 8.94. The topological polar surface area (TPSA) is 139 Å². The lowest BCUT2D eigenvalue weighted by molar-refractivity contribution is -0.137. The highest BCUT2D eigenvalue weighted by Gasteiger charge is 2.29. The van der Waals surface area contributed by atoms with Crippen molar-refractivity contribution in [2.75, 3.05) is 32.6 Å². The molecule has 1 aromatic rings. The first-order valence-corrected chi connectivity index (χ1v) is 10.0. The van der Waals surface area contributed by atoms with Crippen LogP contribution in [0.4, 0.5) is 5.69 Å². The summed E-state index contributed by atoms with van der Waals surface area (Å²) in [6.45, 7) is -0.736. The molecule has 0 bridgehead atoms. The lowest BCUT2D eigenvalue weighted by Gasteiger charge is -2.21. The van der Waals surface area contributed by atoms with Gasteiger partial charge in [-0.3, -0.25) is 19.2 Å². The van der Waals surface area contributed by atoms with E-state index in [1.807, 2.05) is 67.8 Å². The Bertz CT molecular complexity index is 784. The summed E-state index contributed by atoms with van der Waals surface area (Å²) in [6.07, 6.45) is 0. The van der Waals surface area contributed by atoms with Crippen LogP contribution < -0.4 is 11.1 Å². The maximum absolute atomic E-state index is 12.7. The summed E-state index contributed by atoms with van der Waals surface area (Å²) >= 11 is 5.54. The van der Waals surface area contributed by atoms with Crippen molar-refractivity contribution in [2.24, 2.45) is 5.73 Å². The number of nitrogens with one attached hydrogen (secondary N) is 1. The van der Waals surface area contributed by atoms with Gasteiger partial charge in [-0.1, -0.05) is 0 Å². The predicted octanol–water partition coefficient (Wildman–Crippen LogP) is 1.34. The summed E-state index contributed by atoms with van der Waals surface area (Å²) in [6, 6.07) is 0. The van der Waals surface area contributed by atoms with Crippen LogP contribution in [-0.2, 0) is 14.3 Å². The second-order valence-corrected chi connectivity index (χ2v) is 8.20. The molecule has 0 spiro atoms. The van der Waals surface area contributed by atoms with Gasteiger partial charge in [-0.15, -0.1) is 0 Å². The molecule has 0 aliphatic carbocycles. The number of nitrogens with two attached hydrogens (primary N) is 1. The third-order valence-corrected chi connectivity index (χ3v) is 6.27. The van der Waals surface area contributed by atoms with Crippen LogP contribution in [0.3, 0.4) is 0 Å². The van der Waals surface area contributed by atoms with Gasteiger partial charge in [0, 0.05) is 17.7 Å². The molecule has 0 radical (unpaired) electrons. The van der Waals surface area contributed by atoms with Crippen molar-refractivity contribution in [3.05, 3.63) is 21.8 Å². The van der Waals surface area contributed by atoms with E-state index in [2.05, 4.69) is 5.32 Å². The molecule has 3 amide bonds. The molecule has 9 nitrogen and oxygen atoms in total. The smallest absolute Gasteiger partial charge is 0.323 e. The highest BCUT2D eigenvalue weighted by molar-refractivity contribution is 14.1. The molecular formula is C14H14I3N3O6. The molecule has 12 heteroatoms. The van der Waals surface area contributed by atoms with E-state index in [4.69, 9.17) is 15.6 Å². The first-order chi connectivity index (χ1) is 12.0. The molecule has 4 N–H and O–H groups in total. The molecule has 0 atom stereocenters. The van der Waals surface area contributed by atoms with Crippen LogP contribution in [0.5, 0.6) is 0 Å². The summed E-state index contributed by atoms with van der Waals surface area (Å²) in [4.78, 5) is 48.4. The predicted molar refractivity (Wildman–Crippen MR) is 118 cm³/mol. The first-order valence-electron chi connectivity index (χ1n) is 6.79. The molecule has 0 aliphatic heterocycles. The number of anilines is 1. The number of benzene rings is 1. The number of amides is 3. The first kappa shape index (κ1) is 23.3. The number of rotatable bonds is 7. The van der Waals surface area contributed by atoms with E-state index in [-0.39, 0.29) is 27.0 Å². The number of carbonyl (C=O) groups is 4. The van der Waals surface area contributed by atoms with Gasteiger partial charge in [0.1, 0.15) is 13.2 Å². The number of halogens is 3. The highest BCUT2D eigenvalue weighted by Crippen LogP contribution is 2.36. The Balaban J connectivity index is 3.61. The van der Waals surface area contributed by atoms with Crippen LogP contribution in [0.15, 0.2) is 0 Å². The monoisotopic (exact) mass is 701 g/mol. The molecule has 0 unspecified atom stereocenters. The van der Waals surface area contributed by atoms with E-state index in [1.165, 1.54) is 14.2 Å². The van der Waals surface area contributed by atoms with E-state index in [9.17, 15) is 19.2 Å². The van der Waals surface area contributed by atoms with Crippen molar-refractivity contribution in [1.29, 1.82) is 0 Å². The molecule has 0 aliphatic rings. The molecule has 0 fully saturated rings. The molecule has 0 saturated heterocycles. The van der Waals surface area contributed by atoms with E-state index in [1.54, 1.807) is 0 Å².